The lowest BCUT2D eigenvalue weighted by atomic mass is 10.0. The molecule has 1 heterocycles. The summed E-state index contributed by atoms with van der Waals surface area (Å²) in [6, 6.07) is 5.69. The first kappa shape index (κ1) is 13.6. The van der Waals surface area contributed by atoms with Crippen LogP contribution in [0.5, 0.6) is 0 Å². The number of aryl methyl sites for hydroxylation is 2. The molecule has 19 heavy (non-hydrogen) atoms. The Kier molecular flexibility index (Phi) is 3.88. The Morgan fingerprint density at radius 1 is 1.26 bits per heavy atom. The Hall–Kier alpha value is -1.84. The van der Waals surface area contributed by atoms with Gasteiger partial charge in [0.05, 0.1) is 0 Å². The molecule has 0 aliphatic carbocycles. The molecule has 0 spiro atoms. The van der Waals surface area contributed by atoms with Crippen LogP contribution in [0, 0.1) is 13.8 Å². The van der Waals surface area contributed by atoms with Crippen molar-refractivity contribution in [1.29, 1.82) is 0 Å². The Morgan fingerprint density at radius 2 is 1.89 bits per heavy atom. The minimum atomic E-state index is -0.431. The summed E-state index contributed by atoms with van der Waals surface area (Å²) in [5, 5.41) is 2.71. The van der Waals surface area contributed by atoms with Crippen LogP contribution in [0.15, 0.2) is 18.2 Å². The van der Waals surface area contributed by atoms with E-state index in [4.69, 9.17) is 0 Å². The molecule has 4 heteroatoms. The number of benzene rings is 1. The number of hydrogen-bond acceptors (Lipinski definition) is 2. The Labute approximate surface area is 113 Å². The van der Waals surface area contributed by atoms with Crippen LogP contribution in [0.2, 0.25) is 0 Å². The summed E-state index contributed by atoms with van der Waals surface area (Å²) < 4.78 is 0. The van der Waals surface area contributed by atoms with Gasteiger partial charge in [-0.2, -0.15) is 0 Å². The normalized spacial score (nSPS) is 20.2. The maximum absolute atomic E-state index is 12.2. The van der Waals surface area contributed by atoms with Crippen molar-refractivity contribution in [3.8, 4) is 0 Å². The van der Waals surface area contributed by atoms with Crippen molar-refractivity contribution in [2.45, 2.75) is 39.8 Å². The van der Waals surface area contributed by atoms with Gasteiger partial charge in [0.1, 0.15) is 6.04 Å². The third-order valence-corrected chi connectivity index (χ3v) is 3.66. The molecule has 2 rings (SSSR count). The van der Waals surface area contributed by atoms with Crippen molar-refractivity contribution in [2.75, 3.05) is 6.54 Å². The standard InChI is InChI=1S/C15H20N2O2/c1-10-5-4-6-11(2)13(10)9-17-8-7-14(18)16-12(3)15(17)19/h4-6,12H,7-9H2,1-3H3,(H,16,18). The van der Waals surface area contributed by atoms with E-state index < -0.39 is 6.04 Å². The van der Waals surface area contributed by atoms with E-state index in [2.05, 4.69) is 31.3 Å². The smallest absolute Gasteiger partial charge is 0.245 e. The molecule has 102 valence electrons. The molecule has 0 radical (unpaired) electrons. The monoisotopic (exact) mass is 260 g/mol. The second-order valence-corrected chi connectivity index (χ2v) is 5.17. The van der Waals surface area contributed by atoms with Gasteiger partial charge in [-0.1, -0.05) is 18.2 Å². The lowest BCUT2D eigenvalue weighted by Gasteiger charge is -2.24. The van der Waals surface area contributed by atoms with Crippen LogP contribution >= 0.6 is 0 Å². The minimum Gasteiger partial charge on any atom is -0.345 e. The topological polar surface area (TPSA) is 49.4 Å². The Bertz CT molecular complexity index is 491. The zero-order valence-corrected chi connectivity index (χ0v) is 11.7. The molecule has 1 N–H and O–H groups in total. The van der Waals surface area contributed by atoms with E-state index in [0.717, 1.165) is 0 Å². The van der Waals surface area contributed by atoms with Crippen molar-refractivity contribution in [3.05, 3.63) is 34.9 Å². The molecule has 0 saturated carbocycles. The molecule has 1 aliphatic heterocycles. The summed E-state index contributed by atoms with van der Waals surface area (Å²) in [6.07, 6.45) is 0.376. The van der Waals surface area contributed by atoms with E-state index in [1.165, 1.54) is 16.7 Å². The molecule has 1 saturated heterocycles. The van der Waals surface area contributed by atoms with Gasteiger partial charge in [-0.25, -0.2) is 0 Å². The molecule has 1 atom stereocenters. The first-order valence-electron chi connectivity index (χ1n) is 6.62. The van der Waals surface area contributed by atoms with Crippen LogP contribution in [0.3, 0.4) is 0 Å². The van der Waals surface area contributed by atoms with Crippen LogP contribution in [-0.4, -0.2) is 29.3 Å². The third kappa shape index (κ3) is 2.95. The van der Waals surface area contributed by atoms with Crippen LogP contribution in [-0.2, 0) is 16.1 Å². The Morgan fingerprint density at radius 3 is 2.53 bits per heavy atom. The molecule has 4 nitrogen and oxygen atoms in total. The zero-order chi connectivity index (χ0) is 14.0. The molecule has 1 aromatic rings. The lowest BCUT2D eigenvalue weighted by molar-refractivity contribution is -0.133. The fraction of sp³-hybridized carbons (Fsp3) is 0.467. The quantitative estimate of drug-likeness (QED) is 0.877. The molecule has 1 aliphatic rings. The van der Waals surface area contributed by atoms with Gasteiger partial charge in [-0.3, -0.25) is 9.59 Å². The van der Waals surface area contributed by atoms with Crippen LogP contribution in [0.25, 0.3) is 0 Å². The SMILES string of the molecule is Cc1cccc(C)c1CN1CCC(=O)NC(C)C1=O. The largest absolute Gasteiger partial charge is 0.345 e. The van der Waals surface area contributed by atoms with Gasteiger partial charge >= 0.3 is 0 Å². The average Bonchev–Trinajstić information content (AvgIpc) is 2.47. The van der Waals surface area contributed by atoms with E-state index in [-0.39, 0.29) is 11.8 Å². The van der Waals surface area contributed by atoms with E-state index in [9.17, 15) is 9.59 Å². The van der Waals surface area contributed by atoms with Gasteiger partial charge in [0.2, 0.25) is 11.8 Å². The fourth-order valence-electron chi connectivity index (χ4n) is 2.44. The highest BCUT2D eigenvalue weighted by molar-refractivity contribution is 5.89. The maximum atomic E-state index is 12.2. The summed E-state index contributed by atoms with van der Waals surface area (Å²) in [4.78, 5) is 25.5. The predicted molar refractivity (Wildman–Crippen MR) is 73.6 cm³/mol. The van der Waals surface area contributed by atoms with Gasteiger partial charge in [0.25, 0.3) is 0 Å². The fourth-order valence-corrected chi connectivity index (χ4v) is 2.44. The molecule has 0 aromatic heterocycles. The summed E-state index contributed by atoms with van der Waals surface area (Å²) in [7, 11) is 0. The van der Waals surface area contributed by atoms with Crippen molar-refractivity contribution >= 4 is 11.8 Å². The van der Waals surface area contributed by atoms with E-state index in [1.807, 2.05) is 6.07 Å². The maximum Gasteiger partial charge on any atom is 0.245 e. The number of carbonyl (C=O) groups excluding carboxylic acids is 2. The summed E-state index contributed by atoms with van der Waals surface area (Å²) in [5.41, 5.74) is 3.55. The van der Waals surface area contributed by atoms with Crippen molar-refractivity contribution in [1.82, 2.24) is 10.2 Å². The number of rotatable bonds is 2. The molecular weight excluding hydrogens is 240 g/mol. The molecular formula is C15H20N2O2. The van der Waals surface area contributed by atoms with Gasteiger partial charge in [0.15, 0.2) is 0 Å². The first-order chi connectivity index (χ1) is 8.99. The lowest BCUT2D eigenvalue weighted by Crippen LogP contribution is -2.42. The highest BCUT2D eigenvalue weighted by Gasteiger charge is 2.26. The third-order valence-electron chi connectivity index (χ3n) is 3.66. The Balaban J connectivity index is 2.22. The van der Waals surface area contributed by atoms with Crippen LogP contribution in [0.4, 0.5) is 0 Å². The predicted octanol–water partition coefficient (Wildman–Crippen LogP) is 1.54. The molecule has 1 fully saturated rings. The van der Waals surface area contributed by atoms with E-state index >= 15 is 0 Å². The molecule has 0 bridgehead atoms. The van der Waals surface area contributed by atoms with Crippen LogP contribution in [0.1, 0.15) is 30.0 Å². The van der Waals surface area contributed by atoms with E-state index in [0.29, 0.717) is 19.5 Å². The number of nitrogens with one attached hydrogen (secondary N) is 1. The molecule has 1 aromatic carbocycles. The zero-order valence-electron chi connectivity index (χ0n) is 11.7. The number of carbonyl (C=O) groups is 2. The number of hydrogen-bond donors (Lipinski definition) is 1. The number of amides is 2. The minimum absolute atomic E-state index is 0.00602. The van der Waals surface area contributed by atoms with E-state index in [1.54, 1.807) is 11.8 Å². The highest BCUT2D eigenvalue weighted by Crippen LogP contribution is 2.17. The van der Waals surface area contributed by atoms with Gasteiger partial charge in [-0.15, -0.1) is 0 Å². The summed E-state index contributed by atoms with van der Waals surface area (Å²) in [5.74, 6) is -0.0571. The second kappa shape index (κ2) is 5.43. The van der Waals surface area contributed by atoms with Gasteiger partial charge < -0.3 is 10.2 Å². The highest BCUT2D eigenvalue weighted by atomic mass is 16.2. The summed E-state index contributed by atoms with van der Waals surface area (Å²) >= 11 is 0. The van der Waals surface area contributed by atoms with Gasteiger partial charge in [-0.05, 0) is 37.5 Å². The molecule has 1 unspecified atom stereocenters. The van der Waals surface area contributed by atoms with Crippen LogP contribution < -0.4 is 5.32 Å². The number of nitrogens with zero attached hydrogens (tertiary/aromatic N) is 1. The van der Waals surface area contributed by atoms with Crippen molar-refractivity contribution < 1.29 is 9.59 Å². The van der Waals surface area contributed by atoms with Crippen molar-refractivity contribution in [3.63, 3.8) is 0 Å². The van der Waals surface area contributed by atoms with Gasteiger partial charge in [0, 0.05) is 19.5 Å². The molecule has 2 amide bonds. The second-order valence-electron chi connectivity index (χ2n) is 5.17. The van der Waals surface area contributed by atoms with Crippen molar-refractivity contribution in [2.24, 2.45) is 0 Å². The summed E-state index contributed by atoms with van der Waals surface area (Å²) in [6.45, 7) is 6.91. The average molecular weight is 260 g/mol. The first-order valence-corrected chi connectivity index (χ1v) is 6.62.